The molecule has 0 amide bonds. The molecule has 3 nitrogen and oxygen atoms in total. The van der Waals surface area contributed by atoms with E-state index in [-0.39, 0.29) is 12.1 Å². The monoisotopic (exact) mass is 236 g/mol. The molecule has 0 bridgehead atoms. The first-order valence-corrected chi connectivity index (χ1v) is 5.96. The van der Waals surface area contributed by atoms with E-state index in [4.69, 9.17) is 9.47 Å². The van der Waals surface area contributed by atoms with Gasteiger partial charge in [-0.1, -0.05) is 19.1 Å². The van der Waals surface area contributed by atoms with E-state index in [2.05, 4.69) is 6.92 Å². The molecule has 1 aromatic rings. The predicted molar refractivity (Wildman–Crippen MR) is 67.2 cm³/mol. The highest BCUT2D eigenvalue weighted by Crippen LogP contribution is 2.09. The maximum Gasteiger partial charge on any atom is 0.338 e. The first kappa shape index (κ1) is 13.7. The zero-order valence-electron chi connectivity index (χ0n) is 10.7. The lowest BCUT2D eigenvalue weighted by molar-refractivity contribution is 0.0267. The van der Waals surface area contributed by atoms with E-state index in [0.29, 0.717) is 12.2 Å². The van der Waals surface area contributed by atoms with E-state index < -0.39 is 0 Å². The number of aryl methyl sites for hydroxylation is 1. The molecule has 3 heteroatoms. The molecule has 0 spiro atoms. The molecule has 0 heterocycles. The number of ether oxygens (including phenoxy) is 2. The van der Waals surface area contributed by atoms with Gasteiger partial charge in [0.1, 0.15) is 6.10 Å². The van der Waals surface area contributed by atoms with E-state index in [0.717, 1.165) is 12.8 Å². The third-order valence-electron chi connectivity index (χ3n) is 2.63. The third-order valence-corrected chi connectivity index (χ3v) is 2.63. The van der Waals surface area contributed by atoms with Crippen LogP contribution in [0.5, 0.6) is 0 Å². The number of hydrogen-bond donors (Lipinski definition) is 0. The van der Waals surface area contributed by atoms with E-state index in [1.54, 1.807) is 7.11 Å². The van der Waals surface area contributed by atoms with Crippen molar-refractivity contribution in [2.75, 3.05) is 13.7 Å². The second-order valence-electron chi connectivity index (χ2n) is 4.05. The maximum atomic E-state index is 11.8. The highest BCUT2D eigenvalue weighted by molar-refractivity contribution is 5.89. The van der Waals surface area contributed by atoms with Crippen molar-refractivity contribution in [2.45, 2.75) is 32.8 Å². The van der Waals surface area contributed by atoms with Gasteiger partial charge in [0.2, 0.25) is 0 Å². The molecule has 94 valence electrons. The van der Waals surface area contributed by atoms with Crippen LogP contribution in [0.2, 0.25) is 0 Å². The fourth-order valence-corrected chi connectivity index (χ4v) is 1.47. The Morgan fingerprint density at radius 2 is 1.94 bits per heavy atom. The smallest absolute Gasteiger partial charge is 0.338 e. The van der Waals surface area contributed by atoms with Crippen LogP contribution in [0.3, 0.4) is 0 Å². The van der Waals surface area contributed by atoms with Crippen LogP contribution in [-0.4, -0.2) is 25.8 Å². The predicted octanol–water partition coefficient (Wildman–Crippen LogP) is 2.83. The van der Waals surface area contributed by atoms with Crippen LogP contribution in [0.4, 0.5) is 0 Å². The van der Waals surface area contributed by atoms with Crippen molar-refractivity contribution in [3.8, 4) is 0 Å². The first-order chi connectivity index (χ1) is 8.17. The van der Waals surface area contributed by atoms with Gasteiger partial charge >= 0.3 is 5.97 Å². The summed E-state index contributed by atoms with van der Waals surface area (Å²) < 4.78 is 10.2. The van der Waals surface area contributed by atoms with Gasteiger partial charge in [-0.3, -0.25) is 0 Å². The van der Waals surface area contributed by atoms with Crippen LogP contribution in [0, 0.1) is 0 Å². The summed E-state index contributed by atoms with van der Waals surface area (Å²) in [6.45, 7) is 4.56. The van der Waals surface area contributed by atoms with Crippen molar-refractivity contribution in [3.05, 3.63) is 35.4 Å². The molecule has 0 aliphatic carbocycles. The van der Waals surface area contributed by atoms with Crippen molar-refractivity contribution >= 4 is 5.97 Å². The molecule has 0 fully saturated rings. The minimum absolute atomic E-state index is 0.117. The topological polar surface area (TPSA) is 35.5 Å². The number of esters is 1. The Balaban J connectivity index is 2.51. The minimum Gasteiger partial charge on any atom is -0.459 e. The second-order valence-corrected chi connectivity index (χ2v) is 4.05. The van der Waals surface area contributed by atoms with Crippen LogP contribution >= 0.6 is 0 Å². The molecule has 1 rings (SSSR count). The van der Waals surface area contributed by atoms with Crippen molar-refractivity contribution in [1.29, 1.82) is 0 Å². The number of carbonyl (C=O) groups is 1. The van der Waals surface area contributed by atoms with Gasteiger partial charge in [0.15, 0.2) is 0 Å². The molecule has 0 saturated heterocycles. The van der Waals surface area contributed by atoms with Gasteiger partial charge < -0.3 is 9.47 Å². The molecular formula is C14H20O3. The van der Waals surface area contributed by atoms with E-state index >= 15 is 0 Å². The summed E-state index contributed by atoms with van der Waals surface area (Å²) in [5.41, 5.74) is 1.82. The van der Waals surface area contributed by atoms with Gasteiger partial charge in [0.05, 0.1) is 5.56 Å². The summed E-state index contributed by atoms with van der Waals surface area (Å²) >= 11 is 0. The van der Waals surface area contributed by atoms with Crippen LogP contribution in [0.15, 0.2) is 24.3 Å². The zero-order chi connectivity index (χ0) is 12.7. The Morgan fingerprint density at radius 1 is 1.29 bits per heavy atom. The Morgan fingerprint density at radius 3 is 2.47 bits per heavy atom. The number of hydrogen-bond acceptors (Lipinski definition) is 3. The van der Waals surface area contributed by atoms with Crippen LogP contribution in [0.25, 0.3) is 0 Å². The maximum absolute atomic E-state index is 11.8. The van der Waals surface area contributed by atoms with E-state index in [1.165, 1.54) is 5.56 Å². The molecule has 0 saturated carbocycles. The number of carbonyl (C=O) groups excluding carboxylic acids is 1. The number of methoxy groups -OCH3 is 1. The number of benzene rings is 1. The Kier molecular flexibility index (Phi) is 5.70. The highest BCUT2D eigenvalue weighted by atomic mass is 16.5. The summed E-state index contributed by atoms with van der Waals surface area (Å²) in [7, 11) is 1.64. The van der Waals surface area contributed by atoms with Crippen molar-refractivity contribution in [3.63, 3.8) is 0 Å². The fraction of sp³-hybridized carbons (Fsp3) is 0.500. The molecule has 0 aromatic heterocycles. The Labute approximate surface area is 103 Å². The molecule has 0 aliphatic rings. The average molecular weight is 236 g/mol. The van der Waals surface area contributed by atoms with Gasteiger partial charge in [0, 0.05) is 20.1 Å². The quantitative estimate of drug-likeness (QED) is 0.712. The van der Waals surface area contributed by atoms with E-state index in [1.807, 2.05) is 31.2 Å². The highest BCUT2D eigenvalue weighted by Gasteiger charge is 2.11. The Bertz CT molecular complexity index is 343. The van der Waals surface area contributed by atoms with Crippen LogP contribution < -0.4 is 0 Å². The summed E-state index contributed by atoms with van der Waals surface area (Å²) in [5.74, 6) is -0.267. The van der Waals surface area contributed by atoms with Crippen LogP contribution in [-0.2, 0) is 15.9 Å². The summed E-state index contributed by atoms with van der Waals surface area (Å²) in [5, 5.41) is 0. The lowest BCUT2D eigenvalue weighted by Gasteiger charge is -2.12. The molecule has 0 N–H and O–H groups in total. The zero-order valence-corrected chi connectivity index (χ0v) is 10.7. The van der Waals surface area contributed by atoms with Crippen LogP contribution in [0.1, 0.15) is 36.2 Å². The lowest BCUT2D eigenvalue weighted by atomic mass is 10.1. The normalized spacial score (nSPS) is 12.2. The van der Waals surface area contributed by atoms with Gasteiger partial charge in [-0.2, -0.15) is 0 Å². The minimum atomic E-state index is -0.267. The molecule has 1 aromatic carbocycles. The van der Waals surface area contributed by atoms with Gasteiger partial charge in [-0.05, 0) is 31.0 Å². The third kappa shape index (κ3) is 4.57. The Hall–Kier alpha value is -1.35. The number of rotatable bonds is 6. The molecule has 0 aliphatic heterocycles. The average Bonchev–Trinajstić information content (AvgIpc) is 2.36. The van der Waals surface area contributed by atoms with Crippen molar-refractivity contribution in [1.82, 2.24) is 0 Å². The SMILES string of the molecule is CCc1ccc(C(=O)OC(C)CCOC)cc1. The van der Waals surface area contributed by atoms with E-state index in [9.17, 15) is 4.79 Å². The second kappa shape index (κ2) is 7.07. The van der Waals surface area contributed by atoms with Crippen molar-refractivity contribution in [2.24, 2.45) is 0 Å². The molecule has 1 unspecified atom stereocenters. The van der Waals surface area contributed by atoms with Gasteiger partial charge in [0.25, 0.3) is 0 Å². The molecular weight excluding hydrogens is 216 g/mol. The van der Waals surface area contributed by atoms with Gasteiger partial charge in [-0.15, -0.1) is 0 Å². The molecule has 0 radical (unpaired) electrons. The largest absolute Gasteiger partial charge is 0.459 e. The van der Waals surface area contributed by atoms with Gasteiger partial charge in [-0.25, -0.2) is 4.79 Å². The summed E-state index contributed by atoms with van der Waals surface area (Å²) in [4.78, 5) is 11.8. The molecule has 17 heavy (non-hydrogen) atoms. The molecule has 1 atom stereocenters. The summed E-state index contributed by atoms with van der Waals surface area (Å²) in [6.07, 6.45) is 1.57. The summed E-state index contributed by atoms with van der Waals surface area (Å²) in [6, 6.07) is 7.53. The first-order valence-electron chi connectivity index (χ1n) is 5.96. The fourth-order valence-electron chi connectivity index (χ4n) is 1.47. The lowest BCUT2D eigenvalue weighted by Crippen LogP contribution is -2.16. The standard InChI is InChI=1S/C14H20O3/c1-4-12-5-7-13(8-6-12)14(15)17-11(2)9-10-16-3/h5-8,11H,4,9-10H2,1-3H3. The van der Waals surface area contributed by atoms with Crippen molar-refractivity contribution < 1.29 is 14.3 Å².